The summed E-state index contributed by atoms with van der Waals surface area (Å²) in [6, 6.07) is 0.292. The standard InChI is InChI=1S/C31H52N2O/c1-10-21(2)24(5)22(3)19-23(4)33-18-14-17-31(33)26(7)25(6)27(8)32-30(28(9)34)20-29-15-12-11-13-16-29/h12,15-16,21-22,24-26,30-32,34H,4,8-11,13-14,17-20H2,1-3,5-7H3/t21-,22+,24-,25+,26?,30-,31-/m0/s1. The largest absolute Gasteiger partial charge is 0.511 e. The van der Waals surface area contributed by atoms with Gasteiger partial charge in [0.2, 0.25) is 0 Å². The molecule has 2 rings (SSSR count). The van der Waals surface area contributed by atoms with Crippen molar-refractivity contribution >= 4 is 0 Å². The molecule has 0 spiro atoms. The monoisotopic (exact) mass is 468 g/mol. The number of hydrogen-bond acceptors (Lipinski definition) is 3. The van der Waals surface area contributed by atoms with Gasteiger partial charge in [0, 0.05) is 24.0 Å². The molecule has 1 aliphatic carbocycles. The summed E-state index contributed by atoms with van der Waals surface area (Å²) in [5.41, 5.74) is 3.55. The highest BCUT2D eigenvalue weighted by Gasteiger charge is 2.34. The van der Waals surface area contributed by atoms with Gasteiger partial charge in [0.05, 0.1) is 6.04 Å². The van der Waals surface area contributed by atoms with E-state index in [9.17, 15) is 5.11 Å². The quantitative estimate of drug-likeness (QED) is 0.252. The number of aliphatic hydroxyl groups excluding tert-OH is 1. The summed E-state index contributed by atoms with van der Waals surface area (Å²) in [5.74, 6) is 3.02. The molecule has 7 atom stereocenters. The summed E-state index contributed by atoms with van der Waals surface area (Å²) in [5, 5.41) is 13.8. The van der Waals surface area contributed by atoms with Crippen molar-refractivity contribution in [3.05, 3.63) is 60.7 Å². The van der Waals surface area contributed by atoms with Crippen LogP contribution in [0.25, 0.3) is 0 Å². The Balaban J connectivity index is 1.99. The van der Waals surface area contributed by atoms with Crippen LogP contribution in [-0.2, 0) is 0 Å². The van der Waals surface area contributed by atoms with Crippen molar-refractivity contribution in [2.24, 2.45) is 29.6 Å². The SMILES string of the molecule is C=C(O)[C@H](CC1=CCCC=C1)NC(=C)[C@H](C)C(C)[C@@H]1CCCN1C(=C)C[C@@H](C)[C@@H](C)[C@@H](C)CC. The lowest BCUT2D eigenvalue weighted by atomic mass is 9.81. The summed E-state index contributed by atoms with van der Waals surface area (Å²) in [7, 11) is 0. The number of nitrogens with zero attached hydrogens (tertiary/aromatic N) is 1. The predicted molar refractivity (Wildman–Crippen MR) is 149 cm³/mol. The Kier molecular flexibility index (Phi) is 11.1. The Hall–Kier alpha value is -1.90. The summed E-state index contributed by atoms with van der Waals surface area (Å²) in [4.78, 5) is 2.59. The molecule has 0 aromatic rings. The maximum atomic E-state index is 10.3. The number of nitrogens with one attached hydrogen (secondary N) is 1. The molecule has 3 nitrogen and oxygen atoms in total. The molecule has 2 aliphatic rings. The van der Waals surface area contributed by atoms with Gasteiger partial charge in [0.15, 0.2) is 0 Å². The zero-order chi connectivity index (χ0) is 25.4. The van der Waals surface area contributed by atoms with Crippen LogP contribution in [0.1, 0.15) is 86.5 Å². The summed E-state index contributed by atoms with van der Waals surface area (Å²) in [6.07, 6.45) is 14.3. The van der Waals surface area contributed by atoms with Gasteiger partial charge in [-0.25, -0.2) is 0 Å². The number of likely N-dealkylation sites (tertiary alicyclic amines) is 1. The molecule has 0 radical (unpaired) electrons. The minimum Gasteiger partial charge on any atom is -0.511 e. The normalized spacial score (nSPS) is 23.4. The van der Waals surface area contributed by atoms with Crippen LogP contribution >= 0.6 is 0 Å². The molecule has 2 N–H and O–H groups in total. The van der Waals surface area contributed by atoms with Crippen LogP contribution in [0.3, 0.4) is 0 Å². The van der Waals surface area contributed by atoms with Crippen molar-refractivity contribution in [3.63, 3.8) is 0 Å². The molecular weight excluding hydrogens is 416 g/mol. The van der Waals surface area contributed by atoms with E-state index in [0.717, 1.165) is 43.8 Å². The highest BCUT2D eigenvalue weighted by atomic mass is 16.3. The average molecular weight is 469 g/mol. The topological polar surface area (TPSA) is 35.5 Å². The first-order valence-corrected chi connectivity index (χ1v) is 13.7. The lowest BCUT2D eigenvalue weighted by Crippen LogP contribution is -2.40. The summed E-state index contributed by atoms with van der Waals surface area (Å²) < 4.78 is 0. The predicted octanol–water partition coefficient (Wildman–Crippen LogP) is 8.16. The van der Waals surface area contributed by atoms with Gasteiger partial charge < -0.3 is 15.3 Å². The third-order valence-corrected chi connectivity index (χ3v) is 8.92. The highest BCUT2D eigenvalue weighted by molar-refractivity contribution is 5.25. The molecule has 1 unspecified atom stereocenters. The molecule has 0 saturated carbocycles. The fourth-order valence-corrected chi connectivity index (χ4v) is 5.65. The van der Waals surface area contributed by atoms with E-state index < -0.39 is 0 Å². The lowest BCUT2D eigenvalue weighted by Gasteiger charge is -2.38. The number of aliphatic hydroxyl groups is 1. The Morgan fingerprint density at radius 3 is 2.41 bits per heavy atom. The van der Waals surface area contributed by atoms with Crippen LogP contribution in [0, 0.1) is 29.6 Å². The van der Waals surface area contributed by atoms with Gasteiger partial charge in [-0.1, -0.05) is 85.9 Å². The van der Waals surface area contributed by atoms with E-state index in [1.807, 2.05) is 0 Å². The van der Waals surface area contributed by atoms with Gasteiger partial charge in [-0.3, -0.25) is 0 Å². The third kappa shape index (κ3) is 7.55. The molecule has 3 heteroatoms. The second-order valence-electron chi connectivity index (χ2n) is 11.2. The van der Waals surface area contributed by atoms with Crippen molar-refractivity contribution in [3.8, 4) is 0 Å². The smallest absolute Gasteiger partial charge is 0.108 e. The van der Waals surface area contributed by atoms with Crippen molar-refractivity contribution in [2.75, 3.05) is 6.54 Å². The first-order valence-electron chi connectivity index (χ1n) is 13.7. The Morgan fingerprint density at radius 2 is 1.82 bits per heavy atom. The molecule has 0 aromatic carbocycles. The van der Waals surface area contributed by atoms with Crippen molar-refractivity contribution in [2.45, 2.75) is 98.6 Å². The molecule has 1 saturated heterocycles. The number of allylic oxidation sites excluding steroid dienone is 5. The second kappa shape index (κ2) is 13.3. The molecule has 34 heavy (non-hydrogen) atoms. The van der Waals surface area contributed by atoms with E-state index in [-0.39, 0.29) is 17.7 Å². The highest BCUT2D eigenvalue weighted by Crippen LogP contribution is 2.36. The molecule has 0 aromatic heterocycles. The number of hydrogen-bond donors (Lipinski definition) is 2. The molecule has 192 valence electrons. The van der Waals surface area contributed by atoms with Crippen LogP contribution in [0.2, 0.25) is 0 Å². The minimum atomic E-state index is -0.200. The van der Waals surface area contributed by atoms with E-state index in [0.29, 0.717) is 23.8 Å². The van der Waals surface area contributed by atoms with E-state index in [1.165, 1.54) is 30.5 Å². The van der Waals surface area contributed by atoms with Gasteiger partial charge in [-0.15, -0.1) is 0 Å². The van der Waals surface area contributed by atoms with Crippen LogP contribution in [0.15, 0.2) is 60.7 Å². The first kappa shape index (κ1) is 28.3. The number of rotatable bonds is 14. The van der Waals surface area contributed by atoms with Gasteiger partial charge in [0.1, 0.15) is 5.76 Å². The molecule has 1 fully saturated rings. The zero-order valence-electron chi connectivity index (χ0n) is 22.9. The van der Waals surface area contributed by atoms with E-state index >= 15 is 0 Å². The van der Waals surface area contributed by atoms with E-state index in [1.54, 1.807) is 0 Å². The second-order valence-corrected chi connectivity index (χ2v) is 11.2. The van der Waals surface area contributed by atoms with Gasteiger partial charge >= 0.3 is 0 Å². The Labute approximate surface area is 210 Å². The maximum Gasteiger partial charge on any atom is 0.108 e. The van der Waals surface area contributed by atoms with Crippen LogP contribution < -0.4 is 5.32 Å². The first-order chi connectivity index (χ1) is 16.1. The van der Waals surface area contributed by atoms with Crippen LogP contribution in [0.5, 0.6) is 0 Å². The van der Waals surface area contributed by atoms with Crippen molar-refractivity contribution in [1.82, 2.24) is 10.2 Å². The minimum absolute atomic E-state index is 0.182. The lowest BCUT2D eigenvalue weighted by molar-refractivity contribution is 0.187. The van der Waals surface area contributed by atoms with E-state index in [2.05, 4.69) is 89.7 Å². The molecule has 1 aliphatic heterocycles. The van der Waals surface area contributed by atoms with Crippen LogP contribution in [-0.4, -0.2) is 28.6 Å². The van der Waals surface area contributed by atoms with Crippen molar-refractivity contribution < 1.29 is 5.11 Å². The fraction of sp³-hybridized carbons (Fsp3) is 0.677. The zero-order valence-corrected chi connectivity index (χ0v) is 22.9. The Bertz CT molecular complexity index is 763. The summed E-state index contributed by atoms with van der Waals surface area (Å²) >= 11 is 0. The Morgan fingerprint density at radius 1 is 1.12 bits per heavy atom. The summed E-state index contributed by atoms with van der Waals surface area (Å²) in [6.45, 7) is 28.0. The van der Waals surface area contributed by atoms with Crippen molar-refractivity contribution in [1.29, 1.82) is 0 Å². The van der Waals surface area contributed by atoms with Gasteiger partial charge in [-0.05, 0) is 73.7 Å². The average Bonchev–Trinajstić information content (AvgIpc) is 3.32. The van der Waals surface area contributed by atoms with E-state index in [4.69, 9.17) is 0 Å². The molecular formula is C31H52N2O. The fourth-order valence-electron chi connectivity index (χ4n) is 5.65. The third-order valence-electron chi connectivity index (χ3n) is 8.92. The maximum absolute atomic E-state index is 10.3. The van der Waals surface area contributed by atoms with Crippen LogP contribution in [0.4, 0.5) is 0 Å². The molecule has 1 heterocycles. The van der Waals surface area contributed by atoms with Gasteiger partial charge in [0.25, 0.3) is 0 Å². The van der Waals surface area contributed by atoms with Gasteiger partial charge in [-0.2, -0.15) is 0 Å². The molecule has 0 amide bonds. The molecule has 0 bridgehead atoms.